The molecule has 0 aliphatic heterocycles. The van der Waals surface area contributed by atoms with E-state index in [-0.39, 0.29) is 5.56 Å². The van der Waals surface area contributed by atoms with Crippen LogP contribution in [0, 0.1) is 0 Å². The Bertz CT molecular complexity index is 388. The predicted molar refractivity (Wildman–Crippen MR) is 68.4 cm³/mol. The highest BCUT2D eigenvalue weighted by molar-refractivity contribution is 5.39. The van der Waals surface area contributed by atoms with Crippen LogP contribution in [-0.4, -0.2) is 29.5 Å². The highest BCUT2D eigenvalue weighted by Crippen LogP contribution is 2.02. The minimum absolute atomic E-state index is 0.0620. The first kappa shape index (κ1) is 13.7. The minimum atomic E-state index is -0.0620. The molecule has 96 valence electrons. The first-order valence-electron chi connectivity index (χ1n) is 5.96. The molecule has 0 spiro atoms. The average molecular weight is 239 g/mol. The number of aromatic nitrogens is 2. The number of ether oxygens (including phenoxy) is 1. The Balaban J connectivity index is 2.54. The second-order valence-corrected chi connectivity index (χ2v) is 4.30. The summed E-state index contributed by atoms with van der Waals surface area (Å²) >= 11 is 0. The zero-order valence-corrected chi connectivity index (χ0v) is 10.8. The highest BCUT2D eigenvalue weighted by Gasteiger charge is 2.01. The summed E-state index contributed by atoms with van der Waals surface area (Å²) in [5.41, 5.74) is 0.714. The van der Waals surface area contributed by atoms with Gasteiger partial charge in [0.25, 0.3) is 5.56 Å². The Morgan fingerprint density at radius 1 is 1.47 bits per heavy atom. The zero-order chi connectivity index (χ0) is 12.7. The third-order valence-corrected chi connectivity index (χ3v) is 2.29. The lowest BCUT2D eigenvalue weighted by molar-refractivity contribution is 0.190. The summed E-state index contributed by atoms with van der Waals surface area (Å²) in [6, 6.07) is 1.89. The van der Waals surface area contributed by atoms with Gasteiger partial charge in [0.2, 0.25) is 0 Å². The number of rotatable bonds is 7. The van der Waals surface area contributed by atoms with Crippen LogP contribution >= 0.6 is 0 Å². The Morgan fingerprint density at radius 2 is 2.24 bits per heavy atom. The van der Waals surface area contributed by atoms with E-state index in [1.807, 2.05) is 13.8 Å². The monoisotopic (exact) mass is 239 g/mol. The van der Waals surface area contributed by atoms with E-state index >= 15 is 0 Å². The second-order valence-electron chi connectivity index (χ2n) is 4.30. The van der Waals surface area contributed by atoms with Crippen molar-refractivity contribution < 1.29 is 4.74 Å². The summed E-state index contributed by atoms with van der Waals surface area (Å²) < 4.78 is 6.44. The van der Waals surface area contributed by atoms with Crippen molar-refractivity contribution in [3.8, 4) is 0 Å². The third-order valence-electron chi connectivity index (χ3n) is 2.29. The predicted octanol–water partition coefficient (Wildman–Crippen LogP) is 1.49. The van der Waals surface area contributed by atoms with Crippen LogP contribution in [0.15, 0.2) is 17.1 Å². The van der Waals surface area contributed by atoms with Crippen LogP contribution in [0.4, 0.5) is 5.69 Å². The summed E-state index contributed by atoms with van der Waals surface area (Å²) in [6.45, 7) is 5.42. The fraction of sp³-hybridized carbons (Fsp3) is 0.667. The van der Waals surface area contributed by atoms with Crippen molar-refractivity contribution in [3.63, 3.8) is 0 Å². The molecule has 1 aromatic rings. The molecule has 0 fully saturated rings. The van der Waals surface area contributed by atoms with Crippen LogP contribution in [0.1, 0.15) is 26.7 Å². The summed E-state index contributed by atoms with van der Waals surface area (Å²) in [5.74, 6) is 0. The van der Waals surface area contributed by atoms with Gasteiger partial charge >= 0.3 is 0 Å². The number of nitrogens with one attached hydrogen (secondary N) is 1. The van der Waals surface area contributed by atoms with Gasteiger partial charge < -0.3 is 10.1 Å². The molecule has 1 rings (SSSR count). The molecule has 0 saturated carbocycles. The first-order chi connectivity index (χ1) is 8.13. The molecule has 0 amide bonds. The topological polar surface area (TPSA) is 56.1 Å². The van der Waals surface area contributed by atoms with E-state index in [1.165, 1.54) is 4.68 Å². The molecule has 17 heavy (non-hydrogen) atoms. The maximum absolute atomic E-state index is 11.7. The van der Waals surface area contributed by atoms with Crippen molar-refractivity contribution in [3.05, 3.63) is 22.6 Å². The van der Waals surface area contributed by atoms with Gasteiger partial charge in [-0.25, -0.2) is 4.68 Å². The van der Waals surface area contributed by atoms with E-state index in [1.54, 1.807) is 19.4 Å². The second kappa shape index (κ2) is 7.06. The van der Waals surface area contributed by atoms with E-state index in [4.69, 9.17) is 4.74 Å². The van der Waals surface area contributed by atoms with Crippen molar-refractivity contribution in [2.45, 2.75) is 39.3 Å². The van der Waals surface area contributed by atoms with Crippen molar-refractivity contribution >= 4 is 5.69 Å². The summed E-state index contributed by atoms with van der Waals surface area (Å²) in [4.78, 5) is 11.7. The lowest BCUT2D eigenvalue weighted by atomic mass is 10.3. The third kappa shape index (κ3) is 4.99. The molecule has 0 aromatic carbocycles. The molecule has 0 atom stereocenters. The minimum Gasteiger partial charge on any atom is -0.385 e. The average Bonchev–Trinajstić information content (AvgIpc) is 2.26. The molecule has 1 heterocycles. The van der Waals surface area contributed by atoms with E-state index in [2.05, 4.69) is 10.4 Å². The molecule has 0 aliphatic rings. The molecular weight excluding hydrogens is 218 g/mol. The lowest BCUT2D eigenvalue weighted by Gasteiger charge is -2.10. The molecule has 5 heteroatoms. The van der Waals surface area contributed by atoms with Crippen molar-refractivity contribution in [1.29, 1.82) is 0 Å². The van der Waals surface area contributed by atoms with E-state index < -0.39 is 0 Å². The zero-order valence-electron chi connectivity index (χ0n) is 10.8. The molecule has 5 nitrogen and oxygen atoms in total. The number of methoxy groups -OCH3 is 1. The summed E-state index contributed by atoms with van der Waals surface area (Å²) in [5, 5.41) is 7.28. The molecule has 1 aromatic heterocycles. The molecule has 0 aliphatic carbocycles. The fourth-order valence-electron chi connectivity index (χ4n) is 1.52. The summed E-state index contributed by atoms with van der Waals surface area (Å²) in [6.07, 6.45) is 3.53. The molecule has 1 N–H and O–H groups in total. The van der Waals surface area contributed by atoms with Gasteiger partial charge in [0, 0.05) is 32.4 Å². The Hall–Kier alpha value is -1.36. The quantitative estimate of drug-likeness (QED) is 0.732. The number of aryl methyl sites for hydroxylation is 1. The van der Waals surface area contributed by atoms with E-state index in [0.29, 0.717) is 12.6 Å². The van der Waals surface area contributed by atoms with Crippen LogP contribution in [0.2, 0.25) is 0 Å². The van der Waals surface area contributed by atoms with Gasteiger partial charge in [-0.1, -0.05) is 0 Å². The van der Waals surface area contributed by atoms with Gasteiger partial charge in [0.1, 0.15) is 0 Å². The van der Waals surface area contributed by atoms with Crippen LogP contribution in [-0.2, 0) is 11.3 Å². The Morgan fingerprint density at radius 3 is 2.82 bits per heavy atom. The van der Waals surface area contributed by atoms with Crippen molar-refractivity contribution in [1.82, 2.24) is 9.78 Å². The van der Waals surface area contributed by atoms with E-state index in [9.17, 15) is 4.79 Å². The van der Waals surface area contributed by atoms with Gasteiger partial charge in [-0.05, 0) is 26.7 Å². The molecule has 0 unspecified atom stereocenters. The number of hydrogen-bond acceptors (Lipinski definition) is 4. The van der Waals surface area contributed by atoms with Gasteiger partial charge in [0.15, 0.2) is 0 Å². The standard InChI is InChI=1S/C12H21N3O2/c1-10(2)14-11-8-12(16)15(13-9-11)6-4-5-7-17-3/h8-10,14H,4-7H2,1-3H3. The largest absolute Gasteiger partial charge is 0.385 e. The highest BCUT2D eigenvalue weighted by atomic mass is 16.5. The van der Waals surface area contributed by atoms with Crippen molar-refractivity contribution in [2.75, 3.05) is 19.0 Å². The maximum Gasteiger partial charge on any atom is 0.268 e. The number of unbranched alkanes of at least 4 members (excludes halogenated alkanes) is 1. The van der Waals surface area contributed by atoms with Crippen LogP contribution < -0.4 is 10.9 Å². The normalized spacial score (nSPS) is 10.8. The maximum atomic E-state index is 11.7. The van der Waals surface area contributed by atoms with Gasteiger partial charge in [-0.3, -0.25) is 4.79 Å². The van der Waals surface area contributed by atoms with E-state index in [0.717, 1.165) is 25.1 Å². The van der Waals surface area contributed by atoms with Crippen LogP contribution in [0.25, 0.3) is 0 Å². The SMILES string of the molecule is COCCCCn1ncc(NC(C)C)cc1=O. The Labute approximate surface area is 102 Å². The van der Waals surface area contributed by atoms with Gasteiger partial charge in [0.05, 0.1) is 11.9 Å². The van der Waals surface area contributed by atoms with Gasteiger partial charge in [-0.2, -0.15) is 5.10 Å². The van der Waals surface area contributed by atoms with Crippen LogP contribution in [0.3, 0.4) is 0 Å². The molecule has 0 saturated heterocycles. The number of hydrogen-bond donors (Lipinski definition) is 1. The number of anilines is 1. The Kier molecular flexibility index (Phi) is 5.69. The summed E-state index contributed by atoms with van der Waals surface area (Å²) in [7, 11) is 1.68. The molecule has 0 bridgehead atoms. The smallest absolute Gasteiger partial charge is 0.268 e. The number of nitrogens with zero attached hydrogens (tertiary/aromatic N) is 2. The molecule has 0 radical (unpaired) electrons. The molecular formula is C12H21N3O2. The van der Waals surface area contributed by atoms with Gasteiger partial charge in [-0.15, -0.1) is 0 Å². The fourth-order valence-corrected chi connectivity index (χ4v) is 1.52. The van der Waals surface area contributed by atoms with Crippen molar-refractivity contribution in [2.24, 2.45) is 0 Å². The van der Waals surface area contributed by atoms with Crippen LogP contribution in [0.5, 0.6) is 0 Å². The first-order valence-corrected chi connectivity index (χ1v) is 5.96. The lowest BCUT2D eigenvalue weighted by Crippen LogP contribution is -2.23.